The first-order chi connectivity index (χ1) is 16.1. The van der Waals surface area contributed by atoms with Crippen molar-refractivity contribution in [1.82, 2.24) is 9.97 Å². The van der Waals surface area contributed by atoms with Gasteiger partial charge in [-0.05, 0) is 53.4 Å². The summed E-state index contributed by atoms with van der Waals surface area (Å²) in [6, 6.07) is 18.5. The SMILES string of the molecule is COCc1cnc(-c2cc(C(=O)CCc3ccc(Cl)nc3)cc(-c3ccccc3C#N)c2)o1. The number of hydrogen-bond acceptors (Lipinski definition) is 6. The summed E-state index contributed by atoms with van der Waals surface area (Å²) in [6.45, 7) is 0.296. The molecule has 0 atom stereocenters. The van der Waals surface area contributed by atoms with Crippen molar-refractivity contribution in [2.45, 2.75) is 19.4 Å². The Bertz CT molecular complexity index is 1320. The average Bonchev–Trinajstić information content (AvgIpc) is 3.32. The lowest BCUT2D eigenvalue weighted by molar-refractivity contribution is 0.0983. The third-order valence-corrected chi connectivity index (χ3v) is 5.35. The van der Waals surface area contributed by atoms with E-state index in [4.69, 9.17) is 20.8 Å². The molecule has 164 valence electrons. The first kappa shape index (κ1) is 22.4. The molecular formula is C26H20ClN3O3. The van der Waals surface area contributed by atoms with Crippen LogP contribution in [0.25, 0.3) is 22.6 Å². The number of benzene rings is 2. The molecule has 6 nitrogen and oxygen atoms in total. The minimum Gasteiger partial charge on any atom is -0.439 e. The second kappa shape index (κ2) is 10.2. The Hall–Kier alpha value is -3.79. The fraction of sp³-hybridized carbons (Fsp3) is 0.154. The van der Waals surface area contributed by atoms with Gasteiger partial charge in [0.15, 0.2) is 11.5 Å². The number of methoxy groups -OCH3 is 1. The zero-order valence-corrected chi connectivity index (χ0v) is 18.7. The zero-order chi connectivity index (χ0) is 23.2. The van der Waals surface area contributed by atoms with E-state index in [1.165, 1.54) is 0 Å². The van der Waals surface area contributed by atoms with Gasteiger partial charge in [0.1, 0.15) is 11.8 Å². The van der Waals surface area contributed by atoms with E-state index in [1.807, 2.05) is 30.3 Å². The van der Waals surface area contributed by atoms with Crippen molar-refractivity contribution in [3.05, 3.63) is 94.6 Å². The van der Waals surface area contributed by atoms with Crippen molar-refractivity contribution in [3.8, 4) is 28.7 Å². The quantitative estimate of drug-likeness (QED) is 0.242. The van der Waals surface area contributed by atoms with E-state index in [-0.39, 0.29) is 5.78 Å². The standard InChI is InChI=1S/C26H20ClN3O3/c1-32-16-22-15-30-26(33-22)21-11-19(23-5-3-2-4-18(23)13-28)10-20(12-21)24(31)8-6-17-7-9-25(27)29-14-17/h2-5,7,9-12,14-15H,6,8,16H2,1H3. The van der Waals surface area contributed by atoms with Gasteiger partial charge in [0, 0.05) is 30.9 Å². The minimum atomic E-state index is -0.0360. The number of oxazole rings is 1. The molecule has 0 aliphatic rings. The zero-order valence-electron chi connectivity index (χ0n) is 17.9. The molecule has 0 aliphatic heterocycles. The van der Waals surface area contributed by atoms with Crippen LogP contribution >= 0.6 is 11.6 Å². The molecule has 0 amide bonds. The van der Waals surface area contributed by atoms with E-state index in [2.05, 4.69) is 16.0 Å². The Balaban J connectivity index is 1.71. The second-order valence-electron chi connectivity index (χ2n) is 7.43. The largest absolute Gasteiger partial charge is 0.439 e. The Morgan fingerprint density at radius 2 is 1.91 bits per heavy atom. The van der Waals surface area contributed by atoms with Crippen LogP contribution in [0.1, 0.15) is 33.7 Å². The van der Waals surface area contributed by atoms with E-state index in [9.17, 15) is 10.1 Å². The van der Waals surface area contributed by atoms with E-state index in [0.717, 1.165) is 16.7 Å². The Kier molecular flexibility index (Phi) is 6.94. The van der Waals surface area contributed by atoms with E-state index >= 15 is 0 Å². The lowest BCUT2D eigenvalue weighted by atomic mass is 9.94. The van der Waals surface area contributed by atoms with Gasteiger partial charge >= 0.3 is 0 Å². The number of hydrogen-bond donors (Lipinski definition) is 0. The van der Waals surface area contributed by atoms with Crippen molar-refractivity contribution >= 4 is 17.4 Å². The molecular weight excluding hydrogens is 438 g/mol. The van der Waals surface area contributed by atoms with Gasteiger partial charge < -0.3 is 9.15 Å². The number of ketones is 1. The molecule has 2 aromatic carbocycles. The van der Waals surface area contributed by atoms with Crippen LogP contribution in [-0.2, 0) is 17.8 Å². The number of nitriles is 1. The molecule has 0 aliphatic carbocycles. The summed E-state index contributed by atoms with van der Waals surface area (Å²) in [6.07, 6.45) is 4.11. The van der Waals surface area contributed by atoms with E-state index < -0.39 is 0 Å². The van der Waals surface area contributed by atoms with Crippen molar-refractivity contribution in [2.75, 3.05) is 7.11 Å². The highest BCUT2D eigenvalue weighted by molar-refractivity contribution is 6.29. The lowest BCUT2D eigenvalue weighted by Gasteiger charge is -2.10. The predicted molar refractivity (Wildman–Crippen MR) is 125 cm³/mol. The first-order valence-corrected chi connectivity index (χ1v) is 10.7. The third kappa shape index (κ3) is 5.35. The summed E-state index contributed by atoms with van der Waals surface area (Å²) < 4.78 is 10.9. The van der Waals surface area contributed by atoms with Crippen molar-refractivity contribution in [3.63, 3.8) is 0 Å². The number of pyridine rings is 1. The predicted octanol–water partition coefficient (Wildman–Crippen LogP) is 5.89. The number of rotatable bonds is 8. The molecule has 2 heterocycles. The number of carbonyl (C=O) groups excluding carboxylic acids is 1. The van der Waals surface area contributed by atoms with Crippen LogP contribution in [0.3, 0.4) is 0 Å². The Labute approximate surface area is 196 Å². The molecule has 2 aromatic heterocycles. The summed E-state index contributed by atoms with van der Waals surface area (Å²) in [5, 5.41) is 9.97. The molecule has 0 bridgehead atoms. The number of Topliss-reactive ketones (excluding diaryl/α,β-unsaturated/α-hetero) is 1. The van der Waals surface area contributed by atoms with Crippen molar-refractivity contribution in [2.24, 2.45) is 0 Å². The number of aromatic nitrogens is 2. The number of halogens is 1. The van der Waals surface area contributed by atoms with Gasteiger partial charge in [-0.3, -0.25) is 4.79 Å². The van der Waals surface area contributed by atoms with Gasteiger partial charge in [0.05, 0.1) is 17.8 Å². The van der Waals surface area contributed by atoms with Gasteiger partial charge in [-0.1, -0.05) is 35.9 Å². The molecule has 0 radical (unpaired) electrons. The summed E-state index contributed by atoms with van der Waals surface area (Å²) >= 11 is 5.84. The van der Waals surface area contributed by atoms with Crippen LogP contribution in [0, 0.1) is 11.3 Å². The highest BCUT2D eigenvalue weighted by Gasteiger charge is 2.16. The molecule has 0 fully saturated rings. The highest BCUT2D eigenvalue weighted by Crippen LogP contribution is 2.31. The molecule has 7 heteroatoms. The number of ether oxygens (including phenoxy) is 1. The van der Waals surface area contributed by atoms with E-state index in [1.54, 1.807) is 43.8 Å². The van der Waals surface area contributed by atoms with Crippen LogP contribution in [-0.4, -0.2) is 22.9 Å². The molecule has 4 rings (SSSR count). The smallest absolute Gasteiger partial charge is 0.226 e. The van der Waals surface area contributed by atoms with E-state index in [0.29, 0.717) is 52.9 Å². The van der Waals surface area contributed by atoms with Crippen LogP contribution in [0.5, 0.6) is 0 Å². The van der Waals surface area contributed by atoms with Gasteiger partial charge in [-0.25, -0.2) is 9.97 Å². The number of aryl methyl sites for hydroxylation is 1. The maximum absolute atomic E-state index is 13.1. The molecule has 0 saturated carbocycles. The molecule has 33 heavy (non-hydrogen) atoms. The average molecular weight is 458 g/mol. The van der Waals surface area contributed by atoms with Crippen molar-refractivity contribution < 1.29 is 13.9 Å². The van der Waals surface area contributed by atoms with Crippen LogP contribution in [0.4, 0.5) is 0 Å². The molecule has 0 N–H and O–H groups in total. The molecule has 4 aromatic rings. The van der Waals surface area contributed by atoms with Crippen LogP contribution in [0.2, 0.25) is 5.15 Å². The summed E-state index contributed by atoms with van der Waals surface area (Å²) in [5.74, 6) is 0.930. The number of nitrogens with zero attached hydrogens (tertiary/aromatic N) is 3. The fourth-order valence-corrected chi connectivity index (χ4v) is 3.62. The summed E-state index contributed by atoms with van der Waals surface area (Å²) in [7, 11) is 1.58. The first-order valence-electron chi connectivity index (χ1n) is 10.3. The summed E-state index contributed by atoms with van der Waals surface area (Å²) in [5.41, 5.74) is 4.10. The normalized spacial score (nSPS) is 10.7. The van der Waals surface area contributed by atoms with Crippen LogP contribution in [0.15, 0.2) is 71.4 Å². The molecule has 0 saturated heterocycles. The highest BCUT2D eigenvalue weighted by atomic mass is 35.5. The van der Waals surface area contributed by atoms with Gasteiger partial charge in [-0.15, -0.1) is 0 Å². The monoisotopic (exact) mass is 457 g/mol. The Morgan fingerprint density at radius 3 is 2.67 bits per heavy atom. The minimum absolute atomic E-state index is 0.0360. The fourth-order valence-electron chi connectivity index (χ4n) is 3.51. The summed E-state index contributed by atoms with van der Waals surface area (Å²) in [4.78, 5) is 21.5. The maximum atomic E-state index is 13.1. The van der Waals surface area contributed by atoms with Gasteiger partial charge in [-0.2, -0.15) is 5.26 Å². The topological polar surface area (TPSA) is 89.0 Å². The maximum Gasteiger partial charge on any atom is 0.226 e. The van der Waals surface area contributed by atoms with Gasteiger partial charge in [0.25, 0.3) is 0 Å². The second-order valence-corrected chi connectivity index (χ2v) is 7.82. The molecule has 0 spiro atoms. The Morgan fingerprint density at radius 1 is 1.09 bits per heavy atom. The lowest BCUT2D eigenvalue weighted by Crippen LogP contribution is -2.03. The van der Waals surface area contributed by atoms with Gasteiger partial charge in [0.2, 0.25) is 5.89 Å². The molecule has 0 unspecified atom stereocenters. The van der Waals surface area contributed by atoms with Crippen LogP contribution < -0.4 is 0 Å². The van der Waals surface area contributed by atoms with Crippen molar-refractivity contribution in [1.29, 1.82) is 5.26 Å². The number of carbonyl (C=O) groups is 1. The third-order valence-electron chi connectivity index (χ3n) is 5.13.